The van der Waals surface area contributed by atoms with E-state index in [2.05, 4.69) is 0 Å². The van der Waals surface area contributed by atoms with Crippen LogP contribution in [0.3, 0.4) is 0 Å². The molecule has 0 spiro atoms. The number of phenolic OH excluding ortho intramolecular Hbond substituents is 1. The molecule has 2 aromatic carbocycles. The van der Waals surface area contributed by atoms with Crippen molar-refractivity contribution in [3.8, 4) is 5.75 Å². The summed E-state index contributed by atoms with van der Waals surface area (Å²) >= 11 is 0. The molecular weight excluding hydrogens is 252 g/mol. The Kier molecular flexibility index (Phi) is 4.77. The van der Waals surface area contributed by atoms with E-state index in [1.54, 1.807) is 19.1 Å². The first-order chi connectivity index (χ1) is 9.69. The smallest absolute Gasteiger partial charge is 0.310 e. The fourth-order valence-electron chi connectivity index (χ4n) is 2.16. The lowest BCUT2D eigenvalue weighted by Crippen LogP contribution is -2.09. The van der Waals surface area contributed by atoms with Crippen LogP contribution in [-0.2, 0) is 22.4 Å². The SMILES string of the molecule is CCOC(=O)Cc1ccccc1Cc1cccc(O)c1. The third-order valence-electron chi connectivity index (χ3n) is 3.06. The molecule has 3 heteroatoms. The number of carbonyl (C=O) groups is 1. The average Bonchev–Trinajstić information content (AvgIpc) is 2.41. The summed E-state index contributed by atoms with van der Waals surface area (Å²) in [6.07, 6.45) is 0.965. The Morgan fingerprint density at radius 3 is 2.55 bits per heavy atom. The highest BCUT2D eigenvalue weighted by Gasteiger charge is 2.09. The van der Waals surface area contributed by atoms with Crippen molar-refractivity contribution in [1.29, 1.82) is 0 Å². The van der Waals surface area contributed by atoms with E-state index in [1.165, 1.54) is 0 Å². The first-order valence-corrected chi connectivity index (χ1v) is 6.69. The van der Waals surface area contributed by atoms with Crippen LogP contribution in [0.15, 0.2) is 48.5 Å². The monoisotopic (exact) mass is 270 g/mol. The predicted molar refractivity (Wildman–Crippen MR) is 77.7 cm³/mol. The lowest BCUT2D eigenvalue weighted by molar-refractivity contribution is -0.142. The van der Waals surface area contributed by atoms with Gasteiger partial charge in [0.1, 0.15) is 5.75 Å². The van der Waals surface area contributed by atoms with Gasteiger partial charge < -0.3 is 9.84 Å². The average molecular weight is 270 g/mol. The number of ether oxygens (including phenoxy) is 1. The number of esters is 1. The van der Waals surface area contributed by atoms with Gasteiger partial charge in [-0.1, -0.05) is 36.4 Å². The molecule has 0 amide bonds. The van der Waals surface area contributed by atoms with Crippen LogP contribution in [-0.4, -0.2) is 17.7 Å². The van der Waals surface area contributed by atoms with Crippen LogP contribution in [0.2, 0.25) is 0 Å². The molecule has 0 saturated heterocycles. The first kappa shape index (κ1) is 14.1. The van der Waals surface area contributed by atoms with Gasteiger partial charge in [-0.2, -0.15) is 0 Å². The Hall–Kier alpha value is -2.29. The highest BCUT2D eigenvalue weighted by Crippen LogP contribution is 2.18. The fourth-order valence-corrected chi connectivity index (χ4v) is 2.16. The number of rotatable bonds is 5. The molecule has 0 atom stereocenters. The number of phenols is 1. The van der Waals surface area contributed by atoms with E-state index < -0.39 is 0 Å². The molecule has 3 nitrogen and oxygen atoms in total. The minimum absolute atomic E-state index is 0.212. The van der Waals surface area contributed by atoms with Crippen molar-refractivity contribution < 1.29 is 14.6 Å². The molecule has 0 saturated carbocycles. The number of hydrogen-bond acceptors (Lipinski definition) is 3. The maximum absolute atomic E-state index is 11.6. The zero-order valence-electron chi connectivity index (χ0n) is 11.5. The normalized spacial score (nSPS) is 10.2. The molecule has 0 fully saturated rings. The van der Waals surface area contributed by atoms with Gasteiger partial charge in [0, 0.05) is 0 Å². The summed E-state index contributed by atoms with van der Waals surface area (Å²) in [4.78, 5) is 11.6. The first-order valence-electron chi connectivity index (χ1n) is 6.69. The molecule has 0 heterocycles. The molecular formula is C17H18O3. The van der Waals surface area contributed by atoms with Crippen LogP contribution in [0.25, 0.3) is 0 Å². The Morgan fingerprint density at radius 2 is 1.85 bits per heavy atom. The summed E-state index contributed by atoms with van der Waals surface area (Å²) < 4.78 is 4.99. The van der Waals surface area contributed by atoms with Crippen molar-refractivity contribution in [2.75, 3.05) is 6.61 Å². The molecule has 0 aliphatic carbocycles. The topological polar surface area (TPSA) is 46.5 Å². The van der Waals surface area contributed by atoms with Crippen molar-refractivity contribution in [3.05, 3.63) is 65.2 Å². The molecule has 20 heavy (non-hydrogen) atoms. The van der Waals surface area contributed by atoms with Crippen molar-refractivity contribution in [3.63, 3.8) is 0 Å². The van der Waals surface area contributed by atoms with Gasteiger partial charge in [0.2, 0.25) is 0 Å². The number of aromatic hydroxyl groups is 1. The van der Waals surface area contributed by atoms with Crippen LogP contribution in [0, 0.1) is 0 Å². The van der Waals surface area contributed by atoms with Crippen LogP contribution < -0.4 is 0 Å². The Labute approximate surface area is 118 Å². The maximum Gasteiger partial charge on any atom is 0.310 e. The molecule has 104 valence electrons. The highest BCUT2D eigenvalue weighted by molar-refractivity contribution is 5.73. The molecule has 0 bridgehead atoms. The summed E-state index contributed by atoms with van der Waals surface area (Å²) in [5.41, 5.74) is 3.06. The highest BCUT2D eigenvalue weighted by atomic mass is 16.5. The molecule has 0 aromatic heterocycles. The standard InChI is InChI=1S/C17H18O3/c1-2-20-17(19)12-15-8-4-3-7-14(15)10-13-6-5-9-16(18)11-13/h3-9,11,18H,2,10,12H2,1H3. The Bertz CT molecular complexity index is 590. The fraction of sp³-hybridized carbons (Fsp3) is 0.235. The minimum Gasteiger partial charge on any atom is -0.508 e. The van der Waals surface area contributed by atoms with Gasteiger partial charge in [-0.15, -0.1) is 0 Å². The van der Waals surface area contributed by atoms with E-state index in [0.717, 1.165) is 16.7 Å². The van der Waals surface area contributed by atoms with E-state index in [-0.39, 0.29) is 18.1 Å². The van der Waals surface area contributed by atoms with E-state index in [0.29, 0.717) is 13.0 Å². The van der Waals surface area contributed by atoms with Gasteiger partial charge in [-0.3, -0.25) is 4.79 Å². The Morgan fingerprint density at radius 1 is 1.10 bits per heavy atom. The zero-order valence-corrected chi connectivity index (χ0v) is 11.5. The zero-order chi connectivity index (χ0) is 14.4. The van der Waals surface area contributed by atoms with Crippen LogP contribution in [0.5, 0.6) is 5.75 Å². The number of benzene rings is 2. The predicted octanol–water partition coefficient (Wildman–Crippen LogP) is 3.09. The minimum atomic E-state index is -0.212. The van der Waals surface area contributed by atoms with Gasteiger partial charge in [0.25, 0.3) is 0 Å². The van der Waals surface area contributed by atoms with Crippen molar-refractivity contribution >= 4 is 5.97 Å². The number of hydrogen-bond donors (Lipinski definition) is 1. The second-order valence-electron chi connectivity index (χ2n) is 4.60. The van der Waals surface area contributed by atoms with E-state index in [1.807, 2.05) is 36.4 Å². The van der Waals surface area contributed by atoms with E-state index >= 15 is 0 Å². The molecule has 0 aliphatic heterocycles. The van der Waals surface area contributed by atoms with Crippen molar-refractivity contribution in [2.45, 2.75) is 19.8 Å². The van der Waals surface area contributed by atoms with Crippen LogP contribution in [0.1, 0.15) is 23.6 Å². The maximum atomic E-state index is 11.6. The van der Waals surface area contributed by atoms with Gasteiger partial charge in [0.15, 0.2) is 0 Å². The molecule has 0 aliphatic rings. The summed E-state index contributed by atoms with van der Waals surface area (Å²) in [6, 6.07) is 15.0. The second-order valence-corrected chi connectivity index (χ2v) is 4.60. The molecule has 0 unspecified atom stereocenters. The third kappa shape index (κ3) is 3.85. The number of carbonyl (C=O) groups excluding carboxylic acids is 1. The Balaban J connectivity index is 2.17. The summed E-state index contributed by atoms with van der Waals surface area (Å²) in [7, 11) is 0. The van der Waals surface area contributed by atoms with Gasteiger partial charge in [-0.25, -0.2) is 0 Å². The largest absolute Gasteiger partial charge is 0.508 e. The lowest BCUT2D eigenvalue weighted by Gasteiger charge is -2.09. The molecule has 2 rings (SSSR count). The van der Waals surface area contributed by atoms with Crippen LogP contribution in [0.4, 0.5) is 0 Å². The van der Waals surface area contributed by atoms with E-state index in [4.69, 9.17) is 4.74 Å². The molecule has 0 radical (unpaired) electrons. The molecule has 1 N–H and O–H groups in total. The van der Waals surface area contributed by atoms with Gasteiger partial charge in [0.05, 0.1) is 13.0 Å². The lowest BCUT2D eigenvalue weighted by atomic mass is 9.98. The summed E-state index contributed by atoms with van der Waals surface area (Å²) in [5, 5.41) is 9.50. The summed E-state index contributed by atoms with van der Waals surface area (Å²) in [5.74, 6) is 0.0428. The summed E-state index contributed by atoms with van der Waals surface area (Å²) in [6.45, 7) is 2.20. The third-order valence-corrected chi connectivity index (χ3v) is 3.06. The van der Waals surface area contributed by atoms with Crippen molar-refractivity contribution in [2.24, 2.45) is 0 Å². The van der Waals surface area contributed by atoms with Gasteiger partial charge >= 0.3 is 5.97 Å². The van der Waals surface area contributed by atoms with Crippen LogP contribution >= 0.6 is 0 Å². The van der Waals surface area contributed by atoms with Crippen molar-refractivity contribution in [1.82, 2.24) is 0 Å². The van der Waals surface area contributed by atoms with Gasteiger partial charge in [-0.05, 0) is 42.2 Å². The second kappa shape index (κ2) is 6.75. The van der Waals surface area contributed by atoms with E-state index in [9.17, 15) is 9.90 Å². The quantitative estimate of drug-likeness (QED) is 0.849. The molecule has 2 aromatic rings.